The Labute approximate surface area is 112 Å². The third-order valence-corrected chi connectivity index (χ3v) is 3.42. The summed E-state index contributed by atoms with van der Waals surface area (Å²) >= 11 is 0. The van der Waals surface area contributed by atoms with Crippen LogP contribution in [0.1, 0.15) is 11.4 Å². The Morgan fingerprint density at radius 1 is 0.947 bits per heavy atom. The minimum absolute atomic E-state index is 0.0312. The van der Waals surface area contributed by atoms with Crippen LogP contribution in [0.4, 0.5) is 0 Å². The fourth-order valence-electron chi connectivity index (χ4n) is 2.45. The molecule has 0 fully saturated rings. The summed E-state index contributed by atoms with van der Waals surface area (Å²) in [7, 11) is 0. The van der Waals surface area contributed by atoms with Crippen LogP contribution >= 0.6 is 0 Å². The van der Waals surface area contributed by atoms with Crippen molar-refractivity contribution < 1.29 is 9.67 Å². The molecule has 3 heteroatoms. The van der Waals surface area contributed by atoms with Crippen molar-refractivity contribution in [2.45, 2.75) is 19.6 Å². The summed E-state index contributed by atoms with van der Waals surface area (Å²) in [5.41, 5.74) is 3.52. The number of H-pyrrole nitrogens is 1. The number of aryl methyl sites for hydroxylation is 2. The molecule has 0 aliphatic heterocycles. The predicted molar refractivity (Wildman–Crippen MR) is 74.6 cm³/mol. The summed E-state index contributed by atoms with van der Waals surface area (Å²) in [6.45, 7) is 0.896. The summed E-state index contributed by atoms with van der Waals surface area (Å²) in [6.07, 6.45) is 0.959. The van der Waals surface area contributed by atoms with E-state index in [2.05, 4.69) is 39.9 Å². The van der Waals surface area contributed by atoms with Crippen LogP contribution in [0.5, 0.6) is 0 Å². The van der Waals surface area contributed by atoms with Crippen molar-refractivity contribution in [1.82, 2.24) is 4.98 Å². The van der Waals surface area contributed by atoms with E-state index in [0.29, 0.717) is 0 Å². The number of fused-ring (bicyclic) bond motifs is 1. The molecule has 0 spiro atoms. The second-order valence-electron chi connectivity index (χ2n) is 4.63. The van der Waals surface area contributed by atoms with E-state index in [1.807, 2.05) is 24.3 Å². The second kappa shape index (κ2) is 5.24. The lowest BCUT2D eigenvalue weighted by Gasteiger charge is -2.01. The number of hydrogen-bond donors (Lipinski definition) is 2. The van der Waals surface area contributed by atoms with Crippen LogP contribution < -0.4 is 4.57 Å². The highest BCUT2D eigenvalue weighted by atomic mass is 16.3. The predicted octanol–water partition coefficient (Wildman–Crippen LogP) is 2.19. The number of aromatic nitrogens is 2. The summed E-state index contributed by atoms with van der Waals surface area (Å²) in [6, 6.07) is 18.6. The zero-order valence-corrected chi connectivity index (χ0v) is 10.7. The van der Waals surface area contributed by atoms with Gasteiger partial charge in [-0.3, -0.25) is 0 Å². The number of rotatable bonds is 4. The van der Waals surface area contributed by atoms with Crippen molar-refractivity contribution >= 4 is 11.0 Å². The van der Waals surface area contributed by atoms with Gasteiger partial charge in [-0.15, -0.1) is 0 Å². The zero-order valence-electron chi connectivity index (χ0n) is 10.7. The summed E-state index contributed by atoms with van der Waals surface area (Å²) in [5, 5.41) is 9.46. The Balaban J connectivity index is 1.91. The van der Waals surface area contributed by atoms with E-state index in [0.717, 1.165) is 29.8 Å². The molecule has 19 heavy (non-hydrogen) atoms. The molecule has 0 radical (unpaired) electrons. The fourth-order valence-corrected chi connectivity index (χ4v) is 2.45. The van der Waals surface area contributed by atoms with Gasteiger partial charge in [-0.05, 0) is 17.7 Å². The van der Waals surface area contributed by atoms with Crippen molar-refractivity contribution in [3.8, 4) is 0 Å². The Morgan fingerprint density at radius 3 is 2.47 bits per heavy atom. The van der Waals surface area contributed by atoms with Crippen LogP contribution in [0.3, 0.4) is 0 Å². The Morgan fingerprint density at radius 2 is 1.68 bits per heavy atom. The number of aliphatic hydroxyl groups is 1. The van der Waals surface area contributed by atoms with Crippen LogP contribution in [0.25, 0.3) is 11.0 Å². The lowest BCUT2D eigenvalue weighted by Crippen LogP contribution is -2.38. The highest BCUT2D eigenvalue weighted by Gasteiger charge is 2.16. The zero-order chi connectivity index (χ0) is 13.1. The first-order valence-electron chi connectivity index (χ1n) is 6.52. The summed E-state index contributed by atoms with van der Waals surface area (Å²) in [4.78, 5) is 3.26. The van der Waals surface area contributed by atoms with Crippen molar-refractivity contribution in [2.24, 2.45) is 0 Å². The summed E-state index contributed by atoms with van der Waals surface area (Å²) in [5.74, 6) is 0.858. The third-order valence-electron chi connectivity index (χ3n) is 3.42. The van der Waals surface area contributed by atoms with Gasteiger partial charge in [-0.2, -0.15) is 0 Å². The minimum atomic E-state index is 0.0312. The molecular formula is C16H17N2O+. The van der Waals surface area contributed by atoms with E-state index in [9.17, 15) is 5.11 Å². The normalized spacial score (nSPS) is 11.0. The van der Waals surface area contributed by atoms with Crippen molar-refractivity contribution in [3.05, 3.63) is 66.0 Å². The Kier molecular flexibility index (Phi) is 3.29. The molecule has 96 valence electrons. The maximum Gasteiger partial charge on any atom is 0.281 e. The SMILES string of the molecule is OCc1[nH]c2ccccc2[n+]1CCc1ccccc1. The number of aromatic amines is 1. The molecule has 0 bridgehead atoms. The molecule has 0 amide bonds. The molecule has 3 nitrogen and oxygen atoms in total. The first kappa shape index (κ1) is 11.9. The van der Waals surface area contributed by atoms with Gasteiger partial charge < -0.3 is 5.11 Å². The van der Waals surface area contributed by atoms with Gasteiger partial charge >= 0.3 is 0 Å². The van der Waals surface area contributed by atoms with Crippen molar-refractivity contribution in [2.75, 3.05) is 0 Å². The standard InChI is InChI=1S/C16H16N2O/c19-12-16-17-14-8-4-5-9-15(14)18(16)11-10-13-6-2-1-3-7-13/h1-9,19H,10-12H2/p+1. The van der Waals surface area contributed by atoms with E-state index in [-0.39, 0.29) is 6.61 Å². The minimum Gasteiger partial charge on any atom is -0.384 e. The van der Waals surface area contributed by atoms with Gasteiger partial charge in [0.15, 0.2) is 11.0 Å². The number of para-hydroxylation sites is 2. The Hall–Kier alpha value is -2.13. The fraction of sp³-hybridized carbons (Fsp3) is 0.188. The van der Waals surface area contributed by atoms with Crippen LogP contribution in [0, 0.1) is 0 Å². The van der Waals surface area contributed by atoms with Gasteiger partial charge in [0.25, 0.3) is 5.82 Å². The van der Waals surface area contributed by atoms with Crippen LogP contribution in [0.2, 0.25) is 0 Å². The van der Waals surface area contributed by atoms with E-state index in [1.165, 1.54) is 5.56 Å². The Bertz CT molecular complexity index is 674. The van der Waals surface area contributed by atoms with E-state index in [4.69, 9.17) is 0 Å². The number of benzene rings is 2. The average molecular weight is 253 g/mol. The first-order valence-corrected chi connectivity index (χ1v) is 6.52. The van der Waals surface area contributed by atoms with Gasteiger partial charge in [-0.25, -0.2) is 9.55 Å². The van der Waals surface area contributed by atoms with Gasteiger partial charge in [0.1, 0.15) is 6.61 Å². The van der Waals surface area contributed by atoms with E-state index >= 15 is 0 Å². The lowest BCUT2D eigenvalue weighted by molar-refractivity contribution is -0.680. The maximum absolute atomic E-state index is 9.46. The van der Waals surface area contributed by atoms with Crippen LogP contribution in [0.15, 0.2) is 54.6 Å². The number of aliphatic hydroxyl groups excluding tert-OH is 1. The molecule has 2 N–H and O–H groups in total. The maximum atomic E-state index is 9.46. The topological polar surface area (TPSA) is 39.9 Å². The van der Waals surface area contributed by atoms with E-state index in [1.54, 1.807) is 0 Å². The number of nitrogens with one attached hydrogen (secondary N) is 1. The average Bonchev–Trinajstić information content (AvgIpc) is 2.84. The molecule has 3 rings (SSSR count). The van der Waals surface area contributed by atoms with Gasteiger partial charge in [0, 0.05) is 6.42 Å². The van der Waals surface area contributed by atoms with Gasteiger partial charge in [0.2, 0.25) is 0 Å². The highest BCUT2D eigenvalue weighted by molar-refractivity contribution is 5.70. The summed E-state index contributed by atoms with van der Waals surface area (Å²) < 4.78 is 2.16. The molecule has 1 heterocycles. The molecule has 0 saturated heterocycles. The van der Waals surface area contributed by atoms with E-state index < -0.39 is 0 Å². The smallest absolute Gasteiger partial charge is 0.281 e. The molecule has 2 aromatic carbocycles. The number of nitrogens with zero attached hydrogens (tertiary/aromatic N) is 1. The van der Waals surface area contributed by atoms with Crippen molar-refractivity contribution in [1.29, 1.82) is 0 Å². The van der Waals surface area contributed by atoms with Crippen LogP contribution in [-0.2, 0) is 19.6 Å². The second-order valence-corrected chi connectivity index (χ2v) is 4.63. The molecule has 3 aromatic rings. The molecule has 0 aliphatic carbocycles. The molecule has 1 aromatic heterocycles. The lowest BCUT2D eigenvalue weighted by atomic mass is 10.1. The molecule has 0 unspecified atom stereocenters. The quantitative estimate of drug-likeness (QED) is 0.687. The largest absolute Gasteiger partial charge is 0.384 e. The number of imidazole rings is 1. The molecular weight excluding hydrogens is 236 g/mol. The third kappa shape index (κ3) is 2.37. The molecule has 0 atom stereocenters. The van der Waals surface area contributed by atoms with Crippen LogP contribution in [-0.4, -0.2) is 10.1 Å². The number of hydrogen-bond acceptors (Lipinski definition) is 1. The molecule has 0 aliphatic rings. The van der Waals surface area contributed by atoms with Crippen molar-refractivity contribution in [3.63, 3.8) is 0 Å². The monoisotopic (exact) mass is 253 g/mol. The first-order chi connectivity index (χ1) is 9.38. The van der Waals surface area contributed by atoms with Gasteiger partial charge in [-0.1, -0.05) is 42.5 Å². The van der Waals surface area contributed by atoms with Gasteiger partial charge in [0.05, 0.1) is 6.54 Å². The molecule has 0 saturated carbocycles. The highest BCUT2D eigenvalue weighted by Crippen LogP contribution is 2.10.